The first-order valence-electron chi connectivity index (χ1n) is 10.3. The molecule has 3 aromatic carbocycles. The summed E-state index contributed by atoms with van der Waals surface area (Å²) in [7, 11) is 3.80. The third-order valence-corrected chi connectivity index (χ3v) is 5.83. The first kappa shape index (κ1) is 21.7. The van der Waals surface area contributed by atoms with Crippen LogP contribution < -0.4 is 5.32 Å². The van der Waals surface area contributed by atoms with Crippen molar-refractivity contribution in [1.82, 2.24) is 15.1 Å². The number of aryl methyl sites for hydroxylation is 1. The lowest BCUT2D eigenvalue weighted by Crippen LogP contribution is -2.10. The van der Waals surface area contributed by atoms with Crippen LogP contribution in [0.4, 0.5) is 4.39 Å². The highest BCUT2D eigenvalue weighted by atomic mass is 79.9. The van der Waals surface area contributed by atoms with Gasteiger partial charge in [0.05, 0.1) is 12.1 Å². The highest BCUT2D eigenvalue weighted by Crippen LogP contribution is 2.34. The summed E-state index contributed by atoms with van der Waals surface area (Å²) < 4.78 is 23.8. The number of nitrogens with zero attached hydrogens (tertiary/aromatic N) is 2. The van der Waals surface area contributed by atoms with E-state index in [1.54, 1.807) is 10.7 Å². The van der Waals surface area contributed by atoms with Crippen LogP contribution in [0.1, 0.15) is 12.0 Å². The Kier molecular flexibility index (Phi) is 6.80. The standard InChI is InChI=1S/C25H25BrFN3O/c1-28-12-5-13-31-16-18-6-3-4-7-20(18)17-8-10-21(23(27)14-17)25-22-15-19(26)9-11-24(22)30(2)29-25/h3-4,6-11,14-15,28H,5,12-13,16H2,1-2H3. The molecule has 0 saturated carbocycles. The lowest BCUT2D eigenvalue weighted by molar-refractivity contribution is 0.119. The van der Waals surface area contributed by atoms with Crippen molar-refractivity contribution in [1.29, 1.82) is 0 Å². The summed E-state index contributed by atoms with van der Waals surface area (Å²) in [6.07, 6.45) is 0.955. The Bertz CT molecular complexity index is 1200. The van der Waals surface area contributed by atoms with Crippen molar-refractivity contribution < 1.29 is 9.13 Å². The quantitative estimate of drug-likeness (QED) is 0.316. The smallest absolute Gasteiger partial charge is 0.133 e. The van der Waals surface area contributed by atoms with Crippen LogP contribution in [0.15, 0.2) is 65.1 Å². The average Bonchev–Trinajstić information content (AvgIpc) is 3.09. The highest BCUT2D eigenvalue weighted by Gasteiger charge is 2.16. The fraction of sp³-hybridized carbons (Fsp3) is 0.240. The molecule has 0 aliphatic carbocycles. The number of benzene rings is 3. The second-order valence-electron chi connectivity index (χ2n) is 7.50. The Hall–Kier alpha value is -2.54. The molecule has 4 nitrogen and oxygen atoms in total. The van der Waals surface area contributed by atoms with Crippen LogP contribution in [-0.4, -0.2) is 30.0 Å². The van der Waals surface area contributed by atoms with E-state index >= 15 is 4.39 Å². The number of hydrogen-bond acceptors (Lipinski definition) is 3. The molecule has 31 heavy (non-hydrogen) atoms. The lowest BCUT2D eigenvalue weighted by Gasteiger charge is -2.12. The summed E-state index contributed by atoms with van der Waals surface area (Å²) in [5.41, 5.74) is 4.96. The van der Waals surface area contributed by atoms with E-state index < -0.39 is 0 Å². The van der Waals surface area contributed by atoms with E-state index in [0.717, 1.165) is 45.0 Å². The molecule has 0 atom stereocenters. The summed E-state index contributed by atoms with van der Waals surface area (Å²) >= 11 is 3.51. The van der Waals surface area contributed by atoms with Crippen LogP contribution in [-0.2, 0) is 18.4 Å². The Labute approximate surface area is 190 Å². The highest BCUT2D eigenvalue weighted by molar-refractivity contribution is 9.10. The molecule has 4 rings (SSSR count). The molecule has 0 bridgehead atoms. The summed E-state index contributed by atoms with van der Waals surface area (Å²) in [6.45, 7) is 2.11. The fourth-order valence-electron chi connectivity index (χ4n) is 3.77. The zero-order valence-corrected chi connectivity index (χ0v) is 19.2. The molecule has 0 fully saturated rings. The molecular weight excluding hydrogens is 457 g/mol. The van der Waals surface area contributed by atoms with Gasteiger partial charge in [-0.05, 0) is 67.0 Å². The van der Waals surface area contributed by atoms with Gasteiger partial charge in [-0.3, -0.25) is 4.68 Å². The molecule has 0 aliphatic heterocycles. The number of rotatable bonds is 8. The molecule has 4 aromatic rings. The summed E-state index contributed by atoms with van der Waals surface area (Å²) in [4.78, 5) is 0. The molecule has 0 radical (unpaired) electrons. The summed E-state index contributed by atoms with van der Waals surface area (Å²) in [5, 5.41) is 8.61. The van der Waals surface area contributed by atoms with Crippen LogP contribution >= 0.6 is 15.9 Å². The maximum absolute atomic E-state index is 15.3. The molecular formula is C25H25BrFN3O. The van der Waals surface area contributed by atoms with Gasteiger partial charge in [-0.25, -0.2) is 4.39 Å². The monoisotopic (exact) mass is 481 g/mol. The second-order valence-corrected chi connectivity index (χ2v) is 8.41. The predicted molar refractivity (Wildman–Crippen MR) is 127 cm³/mol. The van der Waals surface area contributed by atoms with Gasteiger partial charge in [-0.1, -0.05) is 46.3 Å². The second kappa shape index (κ2) is 9.73. The van der Waals surface area contributed by atoms with Crippen molar-refractivity contribution in [3.8, 4) is 22.4 Å². The fourth-order valence-corrected chi connectivity index (χ4v) is 4.13. The molecule has 6 heteroatoms. The van der Waals surface area contributed by atoms with Crippen molar-refractivity contribution in [2.24, 2.45) is 7.05 Å². The largest absolute Gasteiger partial charge is 0.377 e. The number of ether oxygens (including phenoxy) is 1. The topological polar surface area (TPSA) is 39.1 Å². The van der Waals surface area contributed by atoms with E-state index in [1.165, 1.54) is 0 Å². The van der Waals surface area contributed by atoms with Crippen LogP contribution in [0, 0.1) is 5.82 Å². The number of hydrogen-bond donors (Lipinski definition) is 1. The molecule has 160 valence electrons. The minimum absolute atomic E-state index is 0.290. The normalized spacial score (nSPS) is 11.4. The van der Waals surface area contributed by atoms with E-state index in [4.69, 9.17) is 4.74 Å². The average molecular weight is 482 g/mol. The third kappa shape index (κ3) is 4.71. The zero-order chi connectivity index (χ0) is 21.8. The molecule has 0 amide bonds. The van der Waals surface area contributed by atoms with E-state index in [-0.39, 0.29) is 5.82 Å². The molecule has 1 aromatic heterocycles. The Morgan fingerprint density at radius 1 is 1.06 bits per heavy atom. The maximum Gasteiger partial charge on any atom is 0.133 e. The lowest BCUT2D eigenvalue weighted by atomic mass is 9.97. The van der Waals surface area contributed by atoms with Crippen LogP contribution in [0.3, 0.4) is 0 Å². The minimum atomic E-state index is -0.290. The molecule has 0 unspecified atom stereocenters. The van der Waals surface area contributed by atoms with Gasteiger partial charge < -0.3 is 10.1 Å². The number of nitrogens with one attached hydrogen (secondary N) is 1. The number of halogens is 2. The van der Waals surface area contributed by atoms with Crippen LogP contribution in [0.5, 0.6) is 0 Å². The van der Waals surface area contributed by atoms with E-state index in [9.17, 15) is 0 Å². The van der Waals surface area contributed by atoms with Crippen LogP contribution in [0.2, 0.25) is 0 Å². The van der Waals surface area contributed by atoms with Crippen LogP contribution in [0.25, 0.3) is 33.3 Å². The Morgan fingerprint density at radius 2 is 1.90 bits per heavy atom. The maximum atomic E-state index is 15.3. The van der Waals surface area contributed by atoms with E-state index in [1.807, 2.05) is 68.7 Å². The molecule has 1 N–H and O–H groups in total. The minimum Gasteiger partial charge on any atom is -0.377 e. The summed E-state index contributed by atoms with van der Waals surface area (Å²) in [6, 6.07) is 19.3. The number of fused-ring (bicyclic) bond motifs is 1. The zero-order valence-electron chi connectivity index (χ0n) is 17.7. The van der Waals surface area contributed by atoms with Gasteiger partial charge in [-0.2, -0.15) is 5.10 Å². The first-order valence-corrected chi connectivity index (χ1v) is 11.1. The van der Waals surface area contributed by atoms with Crippen molar-refractivity contribution in [2.75, 3.05) is 20.2 Å². The molecule has 1 heterocycles. The van der Waals surface area contributed by atoms with E-state index in [2.05, 4.69) is 26.3 Å². The van der Waals surface area contributed by atoms with Gasteiger partial charge >= 0.3 is 0 Å². The van der Waals surface area contributed by atoms with Crippen molar-refractivity contribution in [3.63, 3.8) is 0 Å². The summed E-state index contributed by atoms with van der Waals surface area (Å²) in [5.74, 6) is -0.290. The van der Waals surface area contributed by atoms with E-state index in [0.29, 0.717) is 24.5 Å². The molecule has 0 spiro atoms. The third-order valence-electron chi connectivity index (χ3n) is 5.34. The van der Waals surface area contributed by atoms with Gasteiger partial charge in [0.25, 0.3) is 0 Å². The van der Waals surface area contributed by atoms with Gasteiger partial charge in [0.1, 0.15) is 11.5 Å². The predicted octanol–water partition coefficient (Wildman–Crippen LogP) is 5.94. The molecule has 0 aliphatic rings. The van der Waals surface area contributed by atoms with Crippen molar-refractivity contribution in [3.05, 3.63) is 76.5 Å². The van der Waals surface area contributed by atoms with Crippen molar-refractivity contribution >= 4 is 26.8 Å². The molecule has 0 saturated heterocycles. The van der Waals surface area contributed by atoms with Gasteiger partial charge in [-0.15, -0.1) is 0 Å². The SMILES string of the molecule is CNCCCOCc1ccccc1-c1ccc(-c2nn(C)c3ccc(Br)cc23)c(F)c1. The van der Waals surface area contributed by atoms with Gasteiger partial charge in [0.15, 0.2) is 0 Å². The van der Waals surface area contributed by atoms with Crippen molar-refractivity contribution in [2.45, 2.75) is 13.0 Å². The Balaban J connectivity index is 1.64. The Morgan fingerprint density at radius 3 is 2.71 bits per heavy atom. The van der Waals surface area contributed by atoms with Gasteiger partial charge in [0, 0.05) is 29.1 Å². The first-order chi connectivity index (χ1) is 15.1. The van der Waals surface area contributed by atoms with Gasteiger partial charge in [0.2, 0.25) is 0 Å². The number of aromatic nitrogens is 2.